The molecule has 0 saturated carbocycles. The Morgan fingerprint density at radius 1 is 0.905 bits per heavy atom. The zero-order valence-electron chi connectivity index (χ0n) is 20.3. The minimum absolute atomic E-state index is 0.0467. The number of hydrogen-bond acceptors (Lipinski definition) is 0. The van der Waals surface area contributed by atoms with E-state index in [1.54, 1.807) is 0 Å². The van der Waals surface area contributed by atoms with Crippen LogP contribution < -0.4 is 0 Å². The van der Waals surface area contributed by atoms with Crippen molar-refractivity contribution in [3.05, 3.63) is 76.0 Å². The Balaban J connectivity index is 2.50. The highest BCUT2D eigenvalue weighted by atomic mass is 79.9. The van der Waals surface area contributed by atoms with Gasteiger partial charge in [0.15, 0.2) is 0 Å². The summed E-state index contributed by atoms with van der Waals surface area (Å²) in [5, 5.41) is -0.291. The molecule has 3 aromatic carbocycles. The first-order valence-electron chi connectivity index (χ1n) is 10.9. The molecule has 1 heterocycles. The second-order valence-corrected chi connectivity index (χ2v) is 5.48. The van der Waals surface area contributed by atoms with E-state index in [0.29, 0.717) is 0 Å². The Morgan fingerprint density at radius 3 is 2.10 bits per heavy atom. The molecule has 1 aromatic heterocycles. The molecular weight excluding hydrogens is 346 g/mol. The summed E-state index contributed by atoms with van der Waals surface area (Å²) < 4.78 is 84.1. The fourth-order valence-electron chi connectivity index (χ4n) is 2.20. The molecular formula is C18H11BrClN. The van der Waals surface area contributed by atoms with E-state index in [-0.39, 0.29) is 49.1 Å². The van der Waals surface area contributed by atoms with Gasteiger partial charge in [0.25, 0.3) is 0 Å². The first kappa shape index (κ1) is 6.15. The van der Waals surface area contributed by atoms with Crippen LogP contribution in [0.5, 0.6) is 0 Å². The Hall–Kier alpha value is -1.77. The van der Waals surface area contributed by atoms with Crippen molar-refractivity contribution in [1.82, 2.24) is 4.57 Å². The molecule has 0 aliphatic rings. The second-order valence-electron chi connectivity index (χ2n) is 4.22. The Labute approximate surface area is 149 Å². The number of rotatable bonds is 1. The summed E-state index contributed by atoms with van der Waals surface area (Å²) in [5.74, 6) is 0. The van der Waals surface area contributed by atoms with E-state index in [1.165, 1.54) is 6.07 Å². The Bertz CT molecular complexity index is 1360. The predicted molar refractivity (Wildman–Crippen MR) is 93.5 cm³/mol. The number of aromatic nitrogens is 1. The maximum absolute atomic E-state index is 8.47. The SMILES string of the molecule is [2H]c1c(Cl)cc(Br)c([2H])c1-n1c2c([2H])c([2H])c([2H])c([2H])c2c2c([2H])c([2H])c([2H])c([2H])c21. The molecule has 4 rings (SSSR count). The van der Waals surface area contributed by atoms with Gasteiger partial charge in [-0.25, -0.2) is 0 Å². The normalized spacial score (nSPS) is 18.0. The van der Waals surface area contributed by atoms with Crippen molar-refractivity contribution in [1.29, 1.82) is 0 Å². The molecule has 0 N–H and O–H groups in total. The molecule has 3 heteroatoms. The molecule has 102 valence electrons. The molecule has 0 saturated heterocycles. The van der Waals surface area contributed by atoms with Gasteiger partial charge in [-0.1, -0.05) is 63.8 Å². The Kier molecular flexibility index (Phi) is 1.44. The molecule has 0 amide bonds. The van der Waals surface area contributed by atoms with E-state index in [4.69, 9.17) is 25.3 Å². The van der Waals surface area contributed by atoms with Crippen LogP contribution in [0.3, 0.4) is 0 Å². The van der Waals surface area contributed by atoms with Gasteiger partial charge in [-0.05, 0) is 30.2 Å². The monoisotopic (exact) mass is 365 g/mol. The van der Waals surface area contributed by atoms with Gasteiger partial charge >= 0.3 is 0 Å². The number of halogens is 2. The quantitative estimate of drug-likeness (QED) is 0.378. The second kappa shape index (κ2) is 4.90. The minimum atomic E-state index is -0.573. The Morgan fingerprint density at radius 2 is 1.48 bits per heavy atom. The lowest BCUT2D eigenvalue weighted by Gasteiger charge is -2.09. The molecule has 0 radical (unpaired) electrons. The minimum Gasteiger partial charge on any atom is -0.309 e. The first-order valence-corrected chi connectivity index (χ1v) is 7.05. The van der Waals surface area contributed by atoms with Crippen LogP contribution >= 0.6 is 27.5 Å². The third kappa shape index (κ3) is 2.06. The highest BCUT2D eigenvalue weighted by molar-refractivity contribution is 9.10. The maximum atomic E-state index is 8.47. The van der Waals surface area contributed by atoms with Gasteiger partial charge in [-0.3, -0.25) is 0 Å². The molecule has 4 aromatic rings. The summed E-state index contributed by atoms with van der Waals surface area (Å²) >= 11 is 9.34. The number of benzene rings is 3. The van der Waals surface area contributed by atoms with Crippen LogP contribution in [0, 0.1) is 0 Å². The van der Waals surface area contributed by atoms with Crippen molar-refractivity contribution in [3.63, 3.8) is 0 Å². The van der Waals surface area contributed by atoms with Crippen molar-refractivity contribution in [3.8, 4) is 5.69 Å². The van der Waals surface area contributed by atoms with Crippen molar-refractivity contribution in [2.45, 2.75) is 0 Å². The summed E-state index contributed by atoms with van der Waals surface area (Å²) in [5.41, 5.74) is -0.497. The predicted octanol–water partition coefficient (Wildman–Crippen LogP) is 6.20. The molecule has 21 heavy (non-hydrogen) atoms. The highest BCUT2D eigenvalue weighted by Crippen LogP contribution is 2.33. The first-order chi connectivity index (χ1) is 14.4. The summed E-state index contributed by atoms with van der Waals surface area (Å²) in [6.07, 6.45) is 0. The zero-order chi connectivity index (χ0) is 23.1. The number of nitrogens with zero attached hydrogens (tertiary/aromatic N) is 1. The van der Waals surface area contributed by atoms with E-state index < -0.39 is 48.3 Å². The van der Waals surface area contributed by atoms with Crippen molar-refractivity contribution in [2.24, 2.45) is 0 Å². The average Bonchev–Trinajstić information content (AvgIpc) is 3.08. The molecule has 1 nitrogen and oxygen atoms in total. The third-order valence-electron chi connectivity index (χ3n) is 2.99. The van der Waals surface area contributed by atoms with E-state index in [9.17, 15) is 0 Å². The van der Waals surface area contributed by atoms with Gasteiger partial charge < -0.3 is 4.57 Å². The van der Waals surface area contributed by atoms with Crippen LogP contribution in [0.1, 0.15) is 13.7 Å². The zero-order valence-corrected chi connectivity index (χ0v) is 12.6. The van der Waals surface area contributed by atoms with E-state index >= 15 is 0 Å². The molecule has 0 unspecified atom stereocenters. The molecule has 0 fully saturated rings. The van der Waals surface area contributed by atoms with Crippen LogP contribution in [-0.4, -0.2) is 4.57 Å². The van der Waals surface area contributed by atoms with Gasteiger partial charge in [0.1, 0.15) is 0 Å². The lowest BCUT2D eigenvalue weighted by molar-refractivity contribution is 1.18. The molecule has 0 spiro atoms. The largest absolute Gasteiger partial charge is 0.309 e. The molecule has 0 atom stereocenters. The highest BCUT2D eigenvalue weighted by Gasteiger charge is 2.11. The van der Waals surface area contributed by atoms with Gasteiger partial charge in [-0.2, -0.15) is 0 Å². The molecule has 0 aliphatic heterocycles. The van der Waals surface area contributed by atoms with Crippen molar-refractivity contribution in [2.75, 3.05) is 0 Å². The van der Waals surface area contributed by atoms with Crippen LogP contribution in [0.15, 0.2) is 71.0 Å². The van der Waals surface area contributed by atoms with Gasteiger partial charge in [0, 0.05) is 26.0 Å². The van der Waals surface area contributed by atoms with Gasteiger partial charge in [0.2, 0.25) is 0 Å². The van der Waals surface area contributed by atoms with E-state index in [2.05, 4.69) is 15.9 Å². The van der Waals surface area contributed by atoms with Gasteiger partial charge in [0.05, 0.1) is 24.7 Å². The standard InChI is InChI=1S/C18H11BrClN/c19-12-9-13(20)11-14(10-12)21-17-7-3-1-5-15(17)16-6-2-4-8-18(16)21/h1-11H/i1D,2D,3D,4D,5D,6D,7D,8D,10D,11D. The fraction of sp³-hybridized carbons (Fsp3) is 0. The van der Waals surface area contributed by atoms with E-state index in [1.807, 2.05) is 0 Å². The number of hydrogen-bond donors (Lipinski definition) is 0. The summed E-state index contributed by atoms with van der Waals surface area (Å²) in [6, 6.07) is -3.45. The van der Waals surface area contributed by atoms with E-state index in [0.717, 1.165) is 4.57 Å². The summed E-state index contributed by atoms with van der Waals surface area (Å²) in [4.78, 5) is 0. The topological polar surface area (TPSA) is 4.93 Å². The summed E-state index contributed by atoms with van der Waals surface area (Å²) in [6.45, 7) is 0. The van der Waals surface area contributed by atoms with Crippen molar-refractivity contribution < 1.29 is 13.7 Å². The fourth-order valence-corrected chi connectivity index (χ4v) is 2.94. The van der Waals surface area contributed by atoms with Crippen LogP contribution in [0.4, 0.5) is 0 Å². The maximum Gasteiger partial charge on any atom is 0.0661 e. The van der Waals surface area contributed by atoms with Crippen LogP contribution in [-0.2, 0) is 0 Å². The van der Waals surface area contributed by atoms with Crippen LogP contribution in [0.2, 0.25) is 5.02 Å². The van der Waals surface area contributed by atoms with Crippen molar-refractivity contribution >= 4 is 49.3 Å². The lowest BCUT2D eigenvalue weighted by atomic mass is 10.2. The van der Waals surface area contributed by atoms with Crippen LogP contribution in [0.25, 0.3) is 27.5 Å². The summed E-state index contributed by atoms with van der Waals surface area (Å²) in [7, 11) is 0. The average molecular weight is 367 g/mol. The number of para-hydroxylation sites is 2. The number of fused-ring (bicyclic) bond motifs is 3. The van der Waals surface area contributed by atoms with Gasteiger partial charge in [-0.15, -0.1) is 0 Å². The smallest absolute Gasteiger partial charge is 0.0661 e. The molecule has 0 bridgehead atoms. The third-order valence-corrected chi connectivity index (χ3v) is 3.62. The lowest BCUT2D eigenvalue weighted by Crippen LogP contribution is -1.93. The molecule has 0 aliphatic carbocycles.